The van der Waals surface area contributed by atoms with Crippen molar-refractivity contribution in [2.75, 3.05) is 25.1 Å². The molecule has 0 saturated carbocycles. The molecule has 6 heteroatoms. The van der Waals surface area contributed by atoms with Crippen LogP contribution in [0.15, 0.2) is 0 Å². The summed E-state index contributed by atoms with van der Waals surface area (Å²) in [4.78, 5) is 13.3. The fourth-order valence-corrected chi connectivity index (χ4v) is 2.70. The number of ketones is 1. The number of thioether (sulfide) groups is 1. The lowest BCUT2D eigenvalue weighted by atomic mass is 10.1. The number of alkyl halides is 3. The SMILES string of the molecule is CN1CCSCC1C(=O)CCC(F)(F)F. The molecule has 15 heavy (non-hydrogen) atoms. The molecule has 1 rings (SSSR count). The average Bonchev–Trinajstić information content (AvgIpc) is 2.14. The van der Waals surface area contributed by atoms with Crippen molar-refractivity contribution in [1.29, 1.82) is 0 Å². The van der Waals surface area contributed by atoms with Gasteiger partial charge in [-0.05, 0) is 7.05 Å². The van der Waals surface area contributed by atoms with Crippen molar-refractivity contribution in [3.05, 3.63) is 0 Å². The van der Waals surface area contributed by atoms with Crippen molar-refractivity contribution in [2.24, 2.45) is 0 Å². The van der Waals surface area contributed by atoms with Crippen molar-refractivity contribution < 1.29 is 18.0 Å². The maximum atomic E-state index is 11.9. The quantitative estimate of drug-likeness (QED) is 0.753. The van der Waals surface area contributed by atoms with Gasteiger partial charge in [0, 0.05) is 24.5 Å². The predicted molar refractivity (Wildman–Crippen MR) is 54.0 cm³/mol. The van der Waals surface area contributed by atoms with Crippen LogP contribution in [0.5, 0.6) is 0 Å². The maximum absolute atomic E-state index is 11.9. The molecular formula is C9H14F3NOS. The van der Waals surface area contributed by atoms with E-state index in [4.69, 9.17) is 0 Å². The maximum Gasteiger partial charge on any atom is 0.389 e. The summed E-state index contributed by atoms with van der Waals surface area (Å²) in [6.45, 7) is 0.771. The van der Waals surface area contributed by atoms with Crippen LogP contribution < -0.4 is 0 Å². The number of nitrogens with zero attached hydrogens (tertiary/aromatic N) is 1. The molecule has 0 bridgehead atoms. The molecule has 0 spiro atoms. The monoisotopic (exact) mass is 241 g/mol. The standard InChI is InChI=1S/C9H14F3NOS/c1-13-4-5-15-6-7(13)8(14)2-3-9(10,11)12/h7H,2-6H2,1H3. The minimum absolute atomic E-state index is 0.290. The summed E-state index contributed by atoms with van der Waals surface area (Å²) in [5.41, 5.74) is 0. The van der Waals surface area contributed by atoms with E-state index in [9.17, 15) is 18.0 Å². The predicted octanol–water partition coefficient (Wildman–Crippen LogP) is 1.95. The summed E-state index contributed by atoms with van der Waals surface area (Å²) in [6.07, 6.45) is -5.62. The minimum atomic E-state index is -4.23. The van der Waals surface area contributed by atoms with Crippen molar-refractivity contribution >= 4 is 17.5 Å². The van der Waals surface area contributed by atoms with Gasteiger partial charge < -0.3 is 0 Å². The first-order valence-corrected chi connectivity index (χ1v) is 5.93. The van der Waals surface area contributed by atoms with Gasteiger partial charge in [-0.1, -0.05) is 0 Å². The molecule has 0 amide bonds. The van der Waals surface area contributed by atoms with Gasteiger partial charge in [0.2, 0.25) is 0 Å². The molecule has 2 nitrogen and oxygen atoms in total. The molecule has 0 aromatic carbocycles. The lowest BCUT2D eigenvalue weighted by Gasteiger charge is -2.30. The number of carbonyl (C=O) groups excluding carboxylic acids is 1. The molecule has 1 saturated heterocycles. The number of carbonyl (C=O) groups is 1. The van der Waals surface area contributed by atoms with Gasteiger partial charge in [-0.15, -0.1) is 0 Å². The van der Waals surface area contributed by atoms with Crippen molar-refractivity contribution in [2.45, 2.75) is 25.1 Å². The Kier molecular flexibility index (Phi) is 4.45. The van der Waals surface area contributed by atoms with Gasteiger partial charge in [0.15, 0.2) is 5.78 Å². The molecule has 0 aliphatic carbocycles. The largest absolute Gasteiger partial charge is 0.389 e. The van der Waals surface area contributed by atoms with E-state index in [2.05, 4.69) is 0 Å². The molecule has 1 atom stereocenters. The second kappa shape index (κ2) is 5.21. The number of rotatable bonds is 3. The molecule has 0 radical (unpaired) electrons. The van der Waals surface area contributed by atoms with Gasteiger partial charge in [0.25, 0.3) is 0 Å². The summed E-state index contributed by atoms with van der Waals surface area (Å²) in [7, 11) is 1.79. The van der Waals surface area contributed by atoms with Crippen LogP contribution in [0.25, 0.3) is 0 Å². The van der Waals surface area contributed by atoms with Crippen LogP contribution in [-0.2, 0) is 4.79 Å². The number of hydrogen-bond acceptors (Lipinski definition) is 3. The van der Waals surface area contributed by atoms with E-state index in [1.54, 1.807) is 18.8 Å². The number of halogens is 3. The van der Waals surface area contributed by atoms with E-state index in [1.165, 1.54) is 0 Å². The summed E-state index contributed by atoms with van der Waals surface area (Å²) < 4.78 is 35.7. The Morgan fingerprint density at radius 1 is 1.53 bits per heavy atom. The Hall–Kier alpha value is -0.230. The summed E-state index contributed by atoms with van der Waals surface area (Å²) in [5, 5.41) is 0. The van der Waals surface area contributed by atoms with Gasteiger partial charge in [-0.2, -0.15) is 24.9 Å². The van der Waals surface area contributed by atoms with Crippen molar-refractivity contribution in [1.82, 2.24) is 4.90 Å². The Morgan fingerprint density at radius 2 is 2.20 bits per heavy atom. The highest BCUT2D eigenvalue weighted by Gasteiger charge is 2.32. The van der Waals surface area contributed by atoms with Crippen LogP contribution in [-0.4, -0.2) is 48.0 Å². The Morgan fingerprint density at radius 3 is 2.73 bits per heavy atom. The zero-order valence-corrected chi connectivity index (χ0v) is 9.33. The molecule has 1 aliphatic heterocycles. The van der Waals surface area contributed by atoms with E-state index in [0.29, 0.717) is 5.75 Å². The van der Waals surface area contributed by atoms with Crippen LogP contribution in [0.2, 0.25) is 0 Å². The lowest BCUT2D eigenvalue weighted by molar-refractivity contribution is -0.144. The third-order valence-corrected chi connectivity index (χ3v) is 3.45. The fraction of sp³-hybridized carbons (Fsp3) is 0.889. The Balaban J connectivity index is 2.39. The highest BCUT2D eigenvalue weighted by Crippen LogP contribution is 2.23. The minimum Gasteiger partial charge on any atom is -0.298 e. The van der Waals surface area contributed by atoms with Crippen LogP contribution >= 0.6 is 11.8 Å². The molecule has 1 fully saturated rings. The molecule has 1 aliphatic rings. The molecule has 1 heterocycles. The number of hydrogen-bond donors (Lipinski definition) is 0. The molecule has 88 valence electrons. The lowest BCUT2D eigenvalue weighted by Crippen LogP contribution is -2.44. The van der Waals surface area contributed by atoms with Crippen LogP contribution in [0.4, 0.5) is 13.2 Å². The highest BCUT2D eigenvalue weighted by molar-refractivity contribution is 7.99. The third kappa shape index (κ3) is 4.42. The third-order valence-electron chi connectivity index (χ3n) is 2.42. The zero-order valence-electron chi connectivity index (χ0n) is 8.51. The van der Waals surface area contributed by atoms with E-state index in [-0.39, 0.29) is 18.2 Å². The smallest absolute Gasteiger partial charge is 0.298 e. The second-order valence-electron chi connectivity index (χ2n) is 3.65. The topological polar surface area (TPSA) is 20.3 Å². The van der Waals surface area contributed by atoms with Gasteiger partial charge in [-0.3, -0.25) is 9.69 Å². The summed E-state index contributed by atoms with van der Waals surface area (Å²) in [5.74, 6) is 1.27. The molecule has 1 unspecified atom stereocenters. The van der Waals surface area contributed by atoms with Crippen LogP contribution in [0.3, 0.4) is 0 Å². The molecule has 0 N–H and O–H groups in total. The van der Waals surface area contributed by atoms with E-state index in [0.717, 1.165) is 12.3 Å². The first kappa shape index (κ1) is 12.8. The summed E-state index contributed by atoms with van der Waals surface area (Å²) in [6, 6.07) is -0.328. The van der Waals surface area contributed by atoms with Crippen LogP contribution in [0.1, 0.15) is 12.8 Å². The van der Waals surface area contributed by atoms with E-state index >= 15 is 0 Å². The molecule has 0 aromatic heterocycles. The first-order valence-electron chi connectivity index (χ1n) is 4.77. The van der Waals surface area contributed by atoms with Gasteiger partial charge in [0.05, 0.1) is 12.5 Å². The Bertz CT molecular complexity index is 232. The normalized spacial score (nSPS) is 24.1. The Labute approximate surface area is 91.2 Å². The fourth-order valence-electron chi connectivity index (χ4n) is 1.46. The van der Waals surface area contributed by atoms with Gasteiger partial charge in [-0.25, -0.2) is 0 Å². The summed E-state index contributed by atoms with van der Waals surface area (Å²) >= 11 is 1.62. The number of likely N-dealkylation sites (N-methyl/N-ethyl adjacent to an activating group) is 1. The van der Waals surface area contributed by atoms with E-state index in [1.807, 2.05) is 4.90 Å². The molecule has 0 aromatic rings. The molecular weight excluding hydrogens is 227 g/mol. The number of Topliss-reactive ketones (excluding diaryl/α,β-unsaturated/α-hetero) is 1. The van der Waals surface area contributed by atoms with Gasteiger partial charge >= 0.3 is 6.18 Å². The zero-order chi connectivity index (χ0) is 11.5. The first-order chi connectivity index (χ1) is 6.90. The van der Waals surface area contributed by atoms with E-state index < -0.39 is 12.6 Å². The van der Waals surface area contributed by atoms with Crippen molar-refractivity contribution in [3.8, 4) is 0 Å². The highest BCUT2D eigenvalue weighted by atomic mass is 32.2. The van der Waals surface area contributed by atoms with Crippen molar-refractivity contribution in [3.63, 3.8) is 0 Å². The average molecular weight is 241 g/mol. The second-order valence-corrected chi connectivity index (χ2v) is 4.80. The van der Waals surface area contributed by atoms with Gasteiger partial charge in [0.1, 0.15) is 0 Å². The van der Waals surface area contributed by atoms with Crippen LogP contribution in [0, 0.1) is 0 Å².